The fourth-order valence-corrected chi connectivity index (χ4v) is 10.4. The summed E-state index contributed by atoms with van der Waals surface area (Å²) in [6.45, 7) is 19.2. The van der Waals surface area contributed by atoms with Gasteiger partial charge in [0.2, 0.25) is 0 Å². The van der Waals surface area contributed by atoms with Gasteiger partial charge in [0.05, 0.1) is 34.5 Å². The molecule has 0 bridgehead atoms. The number of hydrogen-bond donors (Lipinski definition) is 1. The zero-order chi connectivity index (χ0) is 41.5. The van der Waals surface area contributed by atoms with Crippen molar-refractivity contribution in [2.45, 2.75) is 78.6 Å². The third kappa shape index (κ3) is 13.0. The summed E-state index contributed by atoms with van der Waals surface area (Å²) >= 11 is 8.60. The van der Waals surface area contributed by atoms with E-state index < -0.39 is 14.2 Å². The normalized spacial score (nSPS) is 20.6. The summed E-state index contributed by atoms with van der Waals surface area (Å²) in [4.78, 5) is 2.42. The van der Waals surface area contributed by atoms with Crippen molar-refractivity contribution in [2.75, 3.05) is 39.9 Å². The molecule has 2 aliphatic heterocycles. The van der Waals surface area contributed by atoms with Crippen LogP contribution in [0.15, 0.2) is 120 Å². The van der Waals surface area contributed by atoms with E-state index in [0.29, 0.717) is 5.92 Å². The predicted molar refractivity (Wildman–Crippen MR) is 257 cm³/mol. The van der Waals surface area contributed by atoms with Crippen LogP contribution in [-0.2, 0) is 20.9 Å². The Kier molecular flexibility index (Phi) is 20.4. The van der Waals surface area contributed by atoms with Crippen LogP contribution in [0.4, 0.5) is 0 Å². The SMILES string of the molecule is C=CC[C@@H]1c2ccc(OC)cc2SC[C@]1(C)c1ccc(OC)cc1.C=CC[Si](C)(C)C.COc1ccc(C2(C)CSc3cc(OC)ccc3C2O)cc1.[I][Zn][I]. The van der Waals surface area contributed by atoms with E-state index in [1.807, 2.05) is 66.4 Å². The number of ether oxygens (including phenoxy) is 4. The molecule has 0 saturated carbocycles. The van der Waals surface area contributed by atoms with Crippen LogP contribution in [0.5, 0.6) is 23.0 Å². The summed E-state index contributed by atoms with van der Waals surface area (Å²) in [6, 6.07) is 30.0. The van der Waals surface area contributed by atoms with Crippen molar-refractivity contribution in [3.8, 4) is 23.0 Å². The van der Waals surface area contributed by atoms with Gasteiger partial charge < -0.3 is 24.1 Å². The van der Waals surface area contributed by atoms with E-state index in [-0.39, 0.29) is 20.9 Å². The molecule has 0 amide bonds. The molecule has 4 atom stereocenters. The Morgan fingerprint density at radius 3 is 1.46 bits per heavy atom. The van der Waals surface area contributed by atoms with E-state index in [4.69, 9.17) is 18.9 Å². The van der Waals surface area contributed by atoms with Crippen LogP contribution >= 0.6 is 63.0 Å². The van der Waals surface area contributed by atoms with Gasteiger partial charge in [0.15, 0.2) is 0 Å². The number of thioether (sulfide) groups is 2. The first-order valence-electron chi connectivity index (χ1n) is 18.6. The van der Waals surface area contributed by atoms with E-state index in [2.05, 4.69) is 129 Å². The summed E-state index contributed by atoms with van der Waals surface area (Å²) in [5.74, 6) is 5.74. The quantitative estimate of drug-likeness (QED) is 0.0965. The van der Waals surface area contributed by atoms with Crippen LogP contribution in [0.1, 0.15) is 54.5 Å². The molecule has 4 aromatic rings. The van der Waals surface area contributed by atoms with E-state index >= 15 is 0 Å². The Morgan fingerprint density at radius 1 is 0.679 bits per heavy atom. The number of hydrogen-bond acceptors (Lipinski definition) is 7. The van der Waals surface area contributed by atoms with Gasteiger partial charge >= 0.3 is 49.6 Å². The fraction of sp³-hybridized carbons (Fsp3) is 0.378. The van der Waals surface area contributed by atoms with Crippen LogP contribution in [0.25, 0.3) is 0 Å². The number of aliphatic hydroxyl groups is 1. The van der Waals surface area contributed by atoms with E-state index in [9.17, 15) is 5.11 Å². The maximum absolute atomic E-state index is 10.9. The zero-order valence-corrected chi connectivity index (χ0v) is 44.4. The van der Waals surface area contributed by atoms with E-state index in [0.717, 1.165) is 56.9 Å². The van der Waals surface area contributed by atoms with Gasteiger partial charge in [-0.1, -0.05) is 82.0 Å². The molecule has 0 aliphatic carbocycles. The molecule has 2 unspecified atom stereocenters. The number of rotatable bonds is 10. The van der Waals surface area contributed by atoms with Gasteiger partial charge in [-0.05, 0) is 89.2 Å². The fourth-order valence-electron chi connectivity index (χ4n) is 6.82. The maximum atomic E-state index is 10.9. The predicted octanol–water partition coefficient (Wildman–Crippen LogP) is 13.5. The minimum atomic E-state index is -0.775. The number of methoxy groups -OCH3 is 4. The van der Waals surface area contributed by atoms with Crippen molar-refractivity contribution in [1.82, 2.24) is 0 Å². The van der Waals surface area contributed by atoms with Gasteiger partial charge in [-0.15, -0.1) is 36.7 Å². The summed E-state index contributed by atoms with van der Waals surface area (Å²) in [6.07, 6.45) is 4.48. The Hall–Kier alpha value is -1.48. The molecule has 5 nitrogen and oxygen atoms in total. The van der Waals surface area contributed by atoms with Crippen molar-refractivity contribution < 1.29 is 34.2 Å². The minimum absolute atomic E-state index is 0.0622. The van der Waals surface area contributed by atoms with Crippen LogP contribution in [0.3, 0.4) is 0 Å². The molecule has 300 valence electrons. The number of fused-ring (bicyclic) bond motifs is 2. The second-order valence-electron chi connectivity index (χ2n) is 15.3. The first kappa shape index (κ1) is 48.9. The van der Waals surface area contributed by atoms with Crippen molar-refractivity contribution in [2.24, 2.45) is 0 Å². The van der Waals surface area contributed by atoms with Crippen LogP contribution in [-0.4, -0.2) is 53.1 Å². The van der Waals surface area contributed by atoms with Crippen LogP contribution in [0, 0.1) is 0 Å². The second-order valence-corrected chi connectivity index (χ2v) is 46.4. The molecular formula is C45H58I2O5S2SiZn. The molecule has 6 rings (SSSR count). The molecule has 0 radical (unpaired) electrons. The number of aliphatic hydroxyl groups excluding tert-OH is 1. The zero-order valence-electron chi connectivity index (χ0n) is 34.5. The molecule has 0 saturated heterocycles. The molecule has 0 fully saturated rings. The average molecular weight is 1090 g/mol. The summed E-state index contributed by atoms with van der Waals surface area (Å²) < 4.78 is 21.2. The topological polar surface area (TPSA) is 57.2 Å². The summed E-state index contributed by atoms with van der Waals surface area (Å²) in [5.41, 5.74) is 4.57. The molecule has 2 aliphatic rings. The Labute approximate surface area is 375 Å². The van der Waals surface area contributed by atoms with Crippen LogP contribution < -0.4 is 18.9 Å². The third-order valence-electron chi connectivity index (χ3n) is 10.2. The van der Waals surface area contributed by atoms with Gasteiger partial charge in [-0.2, -0.15) is 0 Å². The van der Waals surface area contributed by atoms with Gasteiger partial charge in [0.1, 0.15) is 23.0 Å². The van der Waals surface area contributed by atoms with Crippen LogP contribution in [0.2, 0.25) is 25.7 Å². The van der Waals surface area contributed by atoms with Crippen molar-refractivity contribution in [3.05, 3.63) is 132 Å². The Morgan fingerprint density at radius 2 is 1.07 bits per heavy atom. The van der Waals surface area contributed by atoms with E-state index in [1.54, 1.807) is 40.2 Å². The molecule has 2 heterocycles. The van der Waals surface area contributed by atoms with Gasteiger partial charge in [-0.25, -0.2) is 0 Å². The monoisotopic (exact) mass is 1090 g/mol. The van der Waals surface area contributed by atoms with E-state index in [1.165, 1.54) is 22.1 Å². The first-order valence-corrected chi connectivity index (χ1v) is 42.4. The van der Waals surface area contributed by atoms with Crippen molar-refractivity contribution >= 4 is 71.1 Å². The van der Waals surface area contributed by atoms with Gasteiger partial charge in [0, 0.05) is 40.2 Å². The molecular weight excluding hydrogens is 1030 g/mol. The third-order valence-corrected chi connectivity index (χ3v) is 14.5. The molecule has 11 heteroatoms. The number of benzene rings is 4. The van der Waals surface area contributed by atoms with Crippen molar-refractivity contribution in [3.63, 3.8) is 0 Å². The summed E-state index contributed by atoms with van der Waals surface area (Å²) in [7, 11) is 6.03. The second kappa shape index (κ2) is 23.3. The Bertz CT molecular complexity index is 1840. The van der Waals surface area contributed by atoms with Crippen molar-refractivity contribution in [1.29, 1.82) is 0 Å². The first-order chi connectivity index (χ1) is 26.7. The molecule has 1 N–H and O–H groups in total. The molecule has 4 aromatic carbocycles. The molecule has 56 heavy (non-hydrogen) atoms. The van der Waals surface area contributed by atoms with Gasteiger partial charge in [0.25, 0.3) is 0 Å². The Balaban J connectivity index is 0.000000243. The molecule has 0 aromatic heterocycles. The molecule has 0 spiro atoms. The average Bonchev–Trinajstić information content (AvgIpc) is 3.20. The standard InChI is InChI=1S/C21H24O2S.C18H20O3S.C6H14Si.2HI.Zn/c1-5-6-19-18-12-11-17(23-4)13-20(18)24-14-21(19,2)15-7-9-16(22-3)10-8-15;1-18(12-4-6-13(20-2)7-5-12)11-22-16-10-14(21-3)8-9-15(16)17(18)19;1-5-6-7(2,3)4;;;/h5,7-13,19H,1,6,14H2,2-4H3;4-10,17,19H,11H2,1-3H3;5H,1,6H2,2-4H3;2*1H;/q;;;;;+2/p-2/t19-,21-;;;;;/m1...../s1. The van der Waals surface area contributed by atoms with Gasteiger partial charge in [-0.3, -0.25) is 0 Å². The number of halogens is 2. The number of allylic oxidation sites excluding steroid dienone is 2. The summed E-state index contributed by atoms with van der Waals surface area (Å²) in [5, 5.41) is 10.9.